The van der Waals surface area contributed by atoms with Crippen LogP contribution in [0.1, 0.15) is 21.6 Å². The Kier molecular flexibility index (Phi) is 5.42. The molecule has 3 aromatic rings. The summed E-state index contributed by atoms with van der Waals surface area (Å²) < 4.78 is 0. The molecule has 25 heavy (non-hydrogen) atoms. The Labute approximate surface area is 148 Å². The van der Waals surface area contributed by atoms with Crippen molar-refractivity contribution in [3.05, 3.63) is 95.8 Å². The number of carbonyl (C=O) groups is 1. The van der Waals surface area contributed by atoms with E-state index in [0.717, 1.165) is 17.8 Å². The summed E-state index contributed by atoms with van der Waals surface area (Å²) in [6, 6.07) is 23.7. The topological polar surface area (TPSA) is 45.2 Å². The van der Waals surface area contributed by atoms with Crippen LogP contribution in [0.25, 0.3) is 0 Å². The molecule has 2 aromatic carbocycles. The van der Waals surface area contributed by atoms with E-state index >= 15 is 0 Å². The van der Waals surface area contributed by atoms with E-state index in [0.29, 0.717) is 12.2 Å². The Morgan fingerprint density at radius 3 is 2.16 bits per heavy atom. The van der Waals surface area contributed by atoms with Gasteiger partial charge in [0.1, 0.15) is 5.69 Å². The van der Waals surface area contributed by atoms with Crippen molar-refractivity contribution in [3.63, 3.8) is 0 Å². The fraction of sp³-hybridized carbons (Fsp3) is 0.143. The molecule has 0 saturated heterocycles. The van der Waals surface area contributed by atoms with Gasteiger partial charge in [-0.15, -0.1) is 0 Å². The Morgan fingerprint density at radius 2 is 1.56 bits per heavy atom. The minimum Gasteiger partial charge on any atom is -0.380 e. The normalized spacial score (nSPS) is 10.3. The lowest BCUT2D eigenvalue weighted by atomic mass is 10.2. The zero-order valence-corrected chi connectivity index (χ0v) is 14.2. The number of nitrogens with zero attached hydrogens (tertiary/aromatic N) is 2. The average molecular weight is 331 g/mol. The van der Waals surface area contributed by atoms with Crippen LogP contribution in [0.3, 0.4) is 0 Å². The fourth-order valence-electron chi connectivity index (χ4n) is 2.55. The summed E-state index contributed by atoms with van der Waals surface area (Å²) in [4.78, 5) is 18.5. The summed E-state index contributed by atoms with van der Waals surface area (Å²) in [6.45, 7) is 1.29. The molecule has 0 bridgehead atoms. The zero-order chi connectivity index (χ0) is 17.5. The zero-order valence-electron chi connectivity index (χ0n) is 14.2. The smallest absolute Gasteiger partial charge is 0.272 e. The Morgan fingerprint density at radius 1 is 0.920 bits per heavy atom. The molecule has 0 aliphatic heterocycles. The van der Waals surface area contributed by atoms with Crippen molar-refractivity contribution in [1.82, 2.24) is 9.88 Å². The number of amides is 1. The lowest BCUT2D eigenvalue weighted by Gasteiger charge is -2.17. The van der Waals surface area contributed by atoms with Gasteiger partial charge in [0.15, 0.2) is 0 Å². The number of rotatable bonds is 6. The van der Waals surface area contributed by atoms with Gasteiger partial charge >= 0.3 is 0 Å². The van der Waals surface area contributed by atoms with Gasteiger partial charge in [-0.1, -0.05) is 60.7 Å². The molecule has 4 heteroatoms. The van der Waals surface area contributed by atoms with Crippen molar-refractivity contribution in [2.45, 2.75) is 13.1 Å². The maximum Gasteiger partial charge on any atom is 0.272 e. The summed E-state index contributed by atoms with van der Waals surface area (Å²) in [5, 5.41) is 3.31. The largest absolute Gasteiger partial charge is 0.380 e. The van der Waals surface area contributed by atoms with Crippen molar-refractivity contribution in [3.8, 4) is 0 Å². The van der Waals surface area contributed by atoms with Gasteiger partial charge < -0.3 is 10.2 Å². The number of anilines is 1. The Balaban J connectivity index is 1.58. The number of aromatic nitrogens is 1. The van der Waals surface area contributed by atoms with Crippen LogP contribution in [0.4, 0.5) is 5.69 Å². The highest BCUT2D eigenvalue weighted by Gasteiger charge is 2.13. The minimum atomic E-state index is -0.0848. The predicted octanol–water partition coefficient (Wildman–Crippen LogP) is 3.97. The quantitative estimate of drug-likeness (QED) is 0.743. The van der Waals surface area contributed by atoms with Gasteiger partial charge in [-0.2, -0.15) is 0 Å². The summed E-state index contributed by atoms with van der Waals surface area (Å²) in [5.74, 6) is -0.0848. The second-order valence-electron chi connectivity index (χ2n) is 5.92. The van der Waals surface area contributed by atoms with Crippen LogP contribution in [0.15, 0.2) is 79.0 Å². The first-order chi connectivity index (χ1) is 12.2. The van der Waals surface area contributed by atoms with Gasteiger partial charge in [-0.05, 0) is 23.3 Å². The SMILES string of the molecule is CN(Cc1ccccc1)C(=O)c1ccc(NCc2ccccc2)cn1. The third-order valence-corrected chi connectivity index (χ3v) is 3.93. The van der Waals surface area contributed by atoms with Crippen LogP contribution < -0.4 is 5.32 Å². The monoisotopic (exact) mass is 331 g/mol. The van der Waals surface area contributed by atoms with Crippen LogP contribution in [-0.2, 0) is 13.1 Å². The molecule has 0 saturated carbocycles. The van der Waals surface area contributed by atoms with E-state index in [2.05, 4.69) is 22.4 Å². The second-order valence-corrected chi connectivity index (χ2v) is 5.92. The summed E-state index contributed by atoms with van der Waals surface area (Å²) >= 11 is 0. The number of pyridine rings is 1. The molecule has 4 nitrogen and oxygen atoms in total. The first-order valence-corrected chi connectivity index (χ1v) is 8.25. The molecule has 0 aliphatic rings. The van der Waals surface area contributed by atoms with Crippen LogP contribution >= 0.6 is 0 Å². The maximum absolute atomic E-state index is 12.5. The average Bonchev–Trinajstić information content (AvgIpc) is 2.68. The van der Waals surface area contributed by atoms with Gasteiger partial charge in [0, 0.05) is 20.1 Å². The lowest BCUT2D eigenvalue weighted by molar-refractivity contribution is 0.0779. The van der Waals surface area contributed by atoms with Gasteiger partial charge in [-0.3, -0.25) is 4.79 Å². The standard InChI is InChI=1S/C21H21N3O/c1-24(16-18-10-6-3-7-11-18)21(25)20-13-12-19(15-23-20)22-14-17-8-4-2-5-9-17/h2-13,15,22H,14,16H2,1H3. The van der Waals surface area contributed by atoms with E-state index in [1.54, 1.807) is 24.2 Å². The predicted molar refractivity (Wildman–Crippen MR) is 100 cm³/mol. The van der Waals surface area contributed by atoms with Crippen molar-refractivity contribution in [1.29, 1.82) is 0 Å². The molecule has 126 valence electrons. The summed E-state index contributed by atoms with van der Waals surface area (Å²) in [5.41, 5.74) is 3.64. The van der Waals surface area contributed by atoms with Gasteiger partial charge in [0.05, 0.1) is 11.9 Å². The highest BCUT2D eigenvalue weighted by atomic mass is 16.2. The number of nitrogens with one attached hydrogen (secondary N) is 1. The maximum atomic E-state index is 12.5. The number of hydrogen-bond donors (Lipinski definition) is 1. The first kappa shape index (κ1) is 16.7. The van der Waals surface area contributed by atoms with Crippen molar-refractivity contribution in [2.24, 2.45) is 0 Å². The molecular formula is C21H21N3O. The number of carbonyl (C=O) groups excluding carboxylic acids is 1. The van der Waals surface area contributed by atoms with Crippen LogP contribution in [0, 0.1) is 0 Å². The third kappa shape index (κ3) is 4.67. The van der Waals surface area contributed by atoms with E-state index < -0.39 is 0 Å². The molecule has 0 atom stereocenters. The van der Waals surface area contributed by atoms with Crippen molar-refractivity contribution in [2.75, 3.05) is 12.4 Å². The lowest BCUT2D eigenvalue weighted by Crippen LogP contribution is -2.26. The molecular weight excluding hydrogens is 310 g/mol. The van der Waals surface area contributed by atoms with Gasteiger partial charge in [0.2, 0.25) is 0 Å². The summed E-state index contributed by atoms with van der Waals surface area (Å²) in [6.07, 6.45) is 1.70. The minimum absolute atomic E-state index is 0.0848. The molecule has 0 fully saturated rings. The molecule has 0 radical (unpaired) electrons. The Bertz CT molecular complexity index is 802. The number of benzene rings is 2. The molecule has 1 aromatic heterocycles. The van der Waals surface area contributed by atoms with Gasteiger partial charge in [0.25, 0.3) is 5.91 Å². The molecule has 0 aliphatic carbocycles. The highest BCUT2D eigenvalue weighted by Crippen LogP contribution is 2.11. The molecule has 1 heterocycles. The molecule has 0 unspecified atom stereocenters. The van der Waals surface area contributed by atoms with Crippen LogP contribution in [0.5, 0.6) is 0 Å². The fourth-order valence-corrected chi connectivity index (χ4v) is 2.55. The first-order valence-electron chi connectivity index (χ1n) is 8.25. The summed E-state index contributed by atoms with van der Waals surface area (Å²) in [7, 11) is 1.79. The van der Waals surface area contributed by atoms with E-state index in [-0.39, 0.29) is 5.91 Å². The van der Waals surface area contributed by atoms with Crippen LogP contribution in [-0.4, -0.2) is 22.8 Å². The third-order valence-electron chi connectivity index (χ3n) is 3.93. The molecule has 1 N–H and O–H groups in total. The van der Waals surface area contributed by atoms with Crippen molar-refractivity contribution < 1.29 is 4.79 Å². The highest BCUT2D eigenvalue weighted by molar-refractivity contribution is 5.92. The van der Waals surface area contributed by atoms with E-state index in [1.807, 2.05) is 54.6 Å². The van der Waals surface area contributed by atoms with E-state index in [9.17, 15) is 4.79 Å². The van der Waals surface area contributed by atoms with E-state index in [4.69, 9.17) is 0 Å². The molecule has 0 spiro atoms. The second kappa shape index (κ2) is 8.11. The van der Waals surface area contributed by atoms with Gasteiger partial charge in [-0.25, -0.2) is 4.98 Å². The van der Waals surface area contributed by atoms with E-state index in [1.165, 1.54) is 5.56 Å². The number of hydrogen-bond acceptors (Lipinski definition) is 3. The van der Waals surface area contributed by atoms with Crippen LogP contribution in [0.2, 0.25) is 0 Å². The molecule has 3 rings (SSSR count). The molecule has 1 amide bonds. The van der Waals surface area contributed by atoms with Crippen molar-refractivity contribution >= 4 is 11.6 Å². The Hall–Kier alpha value is -3.14.